The van der Waals surface area contributed by atoms with Crippen LogP contribution in [0.3, 0.4) is 0 Å². The van der Waals surface area contributed by atoms with Gasteiger partial charge in [-0.3, -0.25) is 9.69 Å². The molecule has 3 amide bonds. The minimum absolute atomic E-state index is 0.0425. The van der Waals surface area contributed by atoms with E-state index < -0.39 is 12.1 Å². The Balaban J connectivity index is 2.08. The maximum Gasteiger partial charge on any atom is 0.410 e. The molecule has 4 atom stereocenters. The lowest BCUT2D eigenvalue weighted by atomic mass is 9.95. The second kappa shape index (κ2) is 10.6. The van der Waals surface area contributed by atoms with Gasteiger partial charge in [0.1, 0.15) is 19.3 Å². The fourth-order valence-electron chi connectivity index (χ4n) is 3.98. The van der Waals surface area contributed by atoms with E-state index in [2.05, 4.69) is 25.8 Å². The van der Waals surface area contributed by atoms with E-state index in [9.17, 15) is 14.4 Å². The number of carbonyl (C=O) groups excluding carboxylic acids is 3. The Morgan fingerprint density at radius 3 is 2.17 bits per heavy atom. The lowest BCUT2D eigenvalue weighted by Crippen LogP contribution is -2.45. The molecule has 2 aliphatic rings. The Morgan fingerprint density at radius 2 is 1.62 bits per heavy atom. The third-order valence-corrected chi connectivity index (χ3v) is 5.60. The summed E-state index contributed by atoms with van der Waals surface area (Å²) in [7, 11) is 3.34. The van der Waals surface area contributed by atoms with Gasteiger partial charge < -0.3 is 19.3 Å². The molecule has 2 rings (SSSR count). The fraction of sp³-hybridized carbons (Fsp3) is 0.650. The van der Waals surface area contributed by atoms with Crippen LogP contribution in [-0.4, -0.2) is 90.5 Å². The topological polar surface area (TPSA) is 79.4 Å². The fourth-order valence-corrected chi connectivity index (χ4v) is 4.40. The van der Waals surface area contributed by atoms with Crippen LogP contribution in [-0.2, 0) is 14.3 Å². The van der Waals surface area contributed by atoms with Gasteiger partial charge in [-0.25, -0.2) is 9.59 Å². The number of carbonyl (C=O) groups is 3. The largest absolute Gasteiger partial charge is 0.445 e. The van der Waals surface area contributed by atoms with Gasteiger partial charge in [-0.15, -0.1) is 0 Å². The highest BCUT2D eigenvalue weighted by Crippen LogP contribution is 2.34. The third-order valence-electron chi connectivity index (χ3n) is 5.23. The SMILES string of the molecule is C=CCOC(=O)N1C[C@@H](S)C[C@H]1CC1C[C@@H](C(=O)N(C)C)N(C(=O)OCC=C)C1. The smallest absolute Gasteiger partial charge is 0.410 e. The highest BCUT2D eigenvalue weighted by Gasteiger charge is 2.44. The van der Waals surface area contributed by atoms with Gasteiger partial charge in [0.25, 0.3) is 0 Å². The monoisotopic (exact) mass is 425 g/mol. The Labute approximate surface area is 177 Å². The summed E-state index contributed by atoms with van der Waals surface area (Å²) < 4.78 is 10.4. The molecule has 0 saturated carbocycles. The van der Waals surface area contributed by atoms with E-state index in [1.807, 2.05) is 0 Å². The molecule has 0 aliphatic carbocycles. The molecule has 29 heavy (non-hydrogen) atoms. The summed E-state index contributed by atoms with van der Waals surface area (Å²) in [5.41, 5.74) is 0. The Bertz CT molecular complexity index is 642. The molecule has 9 heteroatoms. The van der Waals surface area contributed by atoms with Crippen LogP contribution in [0.2, 0.25) is 0 Å². The minimum atomic E-state index is -0.568. The van der Waals surface area contributed by atoms with Crippen molar-refractivity contribution in [3.63, 3.8) is 0 Å². The summed E-state index contributed by atoms with van der Waals surface area (Å²) in [4.78, 5) is 42.1. The molecule has 0 radical (unpaired) electrons. The predicted molar refractivity (Wildman–Crippen MR) is 113 cm³/mol. The average Bonchev–Trinajstić information content (AvgIpc) is 3.27. The second-order valence-electron chi connectivity index (χ2n) is 7.67. The molecule has 0 bridgehead atoms. The van der Waals surface area contributed by atoms with Crippen molar-refractivity contribution in [3.05, 3.63) is 25.3 Å². The maximum atomic E-state index is 12.6. The van der Waals surface area contributed by atoms with Crippen molar-refractivity contribution in [1.29, 1.82) is 0 Å². The zero-order chi connectivity index (χ0) is 21.6. The number of hydrogen-bond acceptors (Lipinski definition) is 6. The van der Waals surface area contributed by atoms with Crippen molar-refractivity contribution < 1.29 is 23.9 Å². The van der Waals surface area contributed by atoms with Crippen molar-refractivity contribution in [2.75, 3.05) is 40.4 Å². The van der Waals surface area contributed by atoms with Gasteiger partial charge in [-0.2, -0.15) is 12.6 Å². The molecule has 8 nitrogen and oxygen atoms in total. The van der Waals surface area contributed by atoms with Crippen LogP contribution in [0.5, 0.6) is 0 Å². The van der Waals surface area contributed by atoms with Gasteiger partial charge in [0.15, 0.2) is 0 Å². The van der Waals surface area contributed by atoms with Crippen molar-refractivity contribution >= 4 is 30.7 Å². The molecule has 0 aromatic rings. The van der Waals surface area contributed by atoms with Gasteiger partial charge in [-0.05, 0) is 25.2 Å². The normalized spacial score (nSPS) is 26.2. The molecule has 0 aromatic carbocycles. The van der Waals surface area contributed by atoms with Gasteiger partial charge in [-0.1, -0.05) is 25.3 Å². The quantitative estimate of drug-likeness (QED) is 0.500. The van der Waals surface area contributed by atoms with Crippen molar-refractivity contribution in [1.82, 2.24) is 14.7 Å². The molecule has 2 fully saturated rings. The van der Waals surface area contributed by atoms with Gasteiger partial charge in [0.2, 0.25) is 5.91 Å². The summed E-state index contributed by atoms with van der Waals surface area (Å²) in [6.45, 7) is 8.28. The van der Waals surface area contributed by atoms with Crippen LogP contribution in [0.1, 0.15) is 19.3 Å². The standard InChI is InChI=1S/C20H31N3O5S/c1-5-7-27-19(25)22-13-16(29)11-15(22)9-14-10-17(18(24)21(3)4)23(12-14)20(26)28-8-6-2/h5-6,14-17,29H,1-2,7-13H2,3-4H3/t14?,15-,16+,17+/m1/s1. The minimum Gasteiger partial charge on any atom is -0.445 e. The molecule has 1 unspecified atom stereocenters. The second-order valence-corrected chi connectivity index (χ2v) is 8.40. The summed E-state index contributed by atoms with van der Waals surface area (Å²) in [6, 6.07) is -0.610. The molecule has 2 heterocycles. The van der Waals surface area contributed by atoms with Crippen LogP contribution >= 0.6 is 12.6 Å². The molecular formula is C20H31N3O5S. The number of likely N-dealkylation sites (N-methyl/N-ethyl adjacent to an activating group) is 1. The maximum absolute atomic E-state index is 12.6. The number of nitrogens with zero attached hydrogens (tertiary/aromatic N) is 3. The van der Waals surface area contributed by atoms with Crippen LogP contribution in [0.15, 0.2) is 25.3 Å². The van der Waals surface area contributed by atoms with Crippen molar-refractivity contribution in [2.24, 2.45) is 5.92 Å². The molecule has 0 spiro atoms. The lowest BCUT2D eigenvalue weighted by Gasteiger charge is -2.26. The van der Waals surface area contributed by atoms with Crippen LogP contribution in [0, 0.1) is 5.92 Å². The molecular weight excluding hydrogens is 394 g/mol. The third kappa shape index (κ3) is 5.91. The Morgan fingerprint density at radius 1 is 1.03 bits per heavy atom. The van der Waals surface area contributed by atoms with Crippen LogP contribution in [0.4, 0.5) is 9.59 Å². The molecule has 162 valence electrons. The number of rotatable bonds is 7. The Kier molecular flexibility index (Phi) is 8.43. The van der Waals surface area contributed by atoms with E-state index in [1.165, 1.54) is 22.0 Å². The summed E-state index contributed by atoms with van der Waals surface area (Å²) in [6.07, 6.45) is 4.07. The predicted octanol–water partition coefficient (Wildman–Crippen LogP) is 2.17. The van der Waals surface area contributed by atoms with E-state index in [0.29, 0.717) is 25.9 Å². The number of hydrogen-bond donors (Lipinski definition) is 1. The van der Waals surface area contributed by atoms with Gasteiger partial charge in [0, 0.05) is 38.5 Å². The van der Waals surface area contributed by atoms with Crippen LogP contribution in [0.25, 0.3) is 0 Å². The van der Waals surface area contributed by atoms with Crippen LogP contribution < -0.4 is 0 Å². The number of amides is 3. The highest BCUT2D eigenvalue weighted by molar-refractivity contribution is 7.81. The van der Waals surface area contributed by atoms with Crippen molar-refractivity contribution in [3.8, 4) is 0 Å². The first-order valence-corrected chi connectivity index (χ1v) is 10.3. The first-order valence-electron chi connectivity index (χ1n) is 9.76. The van der Waals surface area contributed by atoms with E-state index in [4.69, 9.17) is 9.47 Å². The molecule has 2 saturated heterocycles. The Hall–Kier alpha value is -2.16. The first kappa shape index (κ1) is 23.1. The molecule has 0 N–H and O–H groups in total. The summed E-state index contributed by atoms with van der Waals surface area (Å²) >= 11 is 4.53. The van der Waals surface area contributed by atoms with Crippen molar-refractivity contribution in [2.45, 2.75) is 36.6 Å². The zero-order valence-electron chi connectivity index (χ0n) is 17.2. The number of ether oxygens (including phenoxy) is 2. The molecule has 2 aliphatic heterocycles. The molecule has 0 aromatic heterocycles. The number of likely N-dealkylation sites (tertiary alicyclic amines) is 2. The zero-order valence-corrected chi connectivity index (χ0v) is 18.1. The average molecular weight is 426 g/mol. The van der Waals surface area contributed by atoms with Gasteiger partial charge in [0.05, 0.1) is 0 Å². The summed E-state index contributed by atoms with van der Waals surface area (Å²) in [5.74, 6) is -0.0673. The summed E-state index contributed by atoms with van der Waals surface area (Å²) in [5, 5.41) is 0.0746. The highest BCUT2D eigenvalue weighted by atomic mass is 32.1. The van der Waals surface area contributed by atoms with E-state index in [-0.39, 0.29) is 42.4 Å². The number of thiol groups is 1. The van der Waals surface area contributed by atoms with Gasteiger partial charge >= 0.3 is 12.2 Å². The van der Waals surface area contributed by atoms with E-state index in [0.717, 1.165) is 6.42 Å². The first-order chi connectivity index (χ1) is 13.8. The van der Waals surface area contributed by atoms with E-state index >= 15 is 0 Å². The lowest BCUT2D eigenvalue weighted by molar-refractivity contribution is -0.133. The van der Waals surface area contributed by atoms with E-state index in [1.54, 1.807) is 19.0 Å².